The van der Waals surface area contributed by atoms with E-state index in [0.717, 1.165) is 5.56 Å². The summed E-state index contributed by atoms with van der Waals surface area (Å²) >= 11 is 0. The first kappa shape index (κ1) is 11.9. The van der Waals surface area contributed by atoms with Gasteiger partial charge in [-0.15, -0.1) is 0 Å². The van der Waals surface area contributed by atoms with E-state index < -0.39 is 0 Å². The van der Waals surface area contributed by atoms with Gasteiger partial charge in [0.1, 0.15) is 0 Å². The third kappa shape index (κ3) is 4.26. The molecule has 0 heterocycles. The van der Waals surface area contributed by atoms with Crippen molar-refractivity contribution in [2.45, 2.75) is 20.3 Å². The molecule has 0 bridgehead atoms. The lowest BCUT2D eigenvalue weighted by molar-refractivity contribution is -0.119. The number of carbonyl (C=O) groups excluding carboxylic acids is 1. The molecular formula is C13H19NO. The molecule has 2 nitrogen and oxygen atoms in total. The second-order valence-corrected chi connectivity index (χ2v) is 4.45. The fourth-order valence-corrected chi connectivity index (χ4v) is 1.81. The van der Waals surface area contributed by atoms with Crippen molar-refractivity contribution in [2.24, 2.45) is 0 Å². The van der Waals surface area contributed by atoms with Crippen molar-refractivity contribution in [3.05, 3.63) is 34.9 Å². The maximum Gasteiger partial charge on any atom is 0.151 e. The van der Waals surface area contributed by atoms with Crippen molar-refractivity contribution in [1.29, 1.82) is 0 Å². The number of benzene rings is 1. The Morgan fingerprint density at radius 1 is 1.13 bits per heavy atom. The van der Waals surface area contributed by atoms with Crippen molar-refractivity contribution in [3.8, 4) is 0 Å². The van der Waals surface area contributed by atoms with Crippen LogP contribution in [-0.4, -0.2) is 31.3 Å². The standard InChI is InChI=1S/C13H19NO/c1-10-5-11(2)7-12(6-10)8-13(15)9-14(3)4/h5-7H,8-9H2,1-4H3. The predicted molar refractivity (Wildman–Crippen MR) is 63.2 cm³/mol. The minimum absolute atomic E-state index is 0.269. The molecule has 2 heteroatoms. The van der Waals surface area contributed by atoms with Crippen molar-refractivity contribution >= 4 is 5.78 Å². The molecule has 0 aliphatic rings. The highest BCUT2D eigenvalue weighted by molar-refractivity contribution is 5.82. The van der Waals surface area contributed by atoms with Gasteiger partial charge in [-0.25, -0.2) is 0 Å². The fourth-order valence-electron chi connectivity index (χ4n) is 1.81. The molecule has 0 N–H and O–H groups in total. The number of aryl methyl sites for hydroxylation is 2. The topological polar surface area (TPSA) is 20.3 Å². The molecule has 0 saturated heterocycles. The van der Waals surface area contributed by atoms with Crippen LogP contribution in [0.2, 0.25) is 0 Å². The molecule has 15 heavy (non-hydrogen) atoms. The van der Waals surface area contributed by atoms with Crippen LogP contribution in [0.25, 0.3) is 0 Å². The molecule has 0 amide bonds. The van der Waals surface area contributed by atoms with Crippen LogP contribution in [0.1, 0.15) is 16.7 Å². The van der Waals surface area contributed by atoms with E-state index in [2.05, 4.69) is 32.0 Å². The molecule has 1 aromatic carbocycles. The Balaban J connectivity index is 2.68. The average molecular weight is 205 g/mol. The smallest absolute Gasteiger partial charge is 0.151 e. The van der Waals surface area contributed by atoms with Crippen LogP contribution in [0.15, 0.2) is 18.2 Å². The van der Waals surface area contributed by atoms with E-state index in [1.165, 1.54) is 11.1 Å². The molecule has 0 saturated carbocycles. The Hall–Kier alpha value is -1.15. The van der Waals surface area contributed by atoms with Crippen LogP contribution < -0.4 is 0 Å². The largest absolute Gasteiger partial charge is 0.302 e. The summed E-state index contributed by atoms with van der Waals surface area (Å²) in [7, 11) is 3.83. The lowest BCUT2D eigenvalue weighted by atomic mass is 10.0. The molecular weight excluding hydrogens is 186 g/mol. The first-order valence-corrected chi connectivity index (χ1v) is 5.21. The van der Waals surface area contributed by atoms with Crippen LogP contribution in [0.3, 0.4) is 0 Å². The Kier molecular flexibility index (Phi) is 4.04. The van der Waals surface area contributed by atoms with E-state index in [4.69, 9.17) is 0 Å². The lowest BCUT2D eigenvalue weighted by Gasteiger charge is -2.09. The summed E-state index contributed by atoms with van der Waals surface area (Å²) in [6, 6.07) is 6.29. The first-order valence-electron chi connectivity index (χ1n) is 5.21. The SMILES string of the molecule is Cc1cc(C)cc(CC(=O)CN(C)C)c1. The molecule has 0 atom stereocenters. The van der Waals surface area contributed by atoms with Crippen LogP contribution in [0.4, 0.5) is 0 Å². The van der Waals surface area contributed by atoms with Gasteiger partial charge in [0.25, 0.3) is 0 Å². The van der Waals surface area contributed by atoms with Crippen LogP contribution in [0.5, 0.6) is 0 Å². The number of likely N-dealkylation sites (N-methyl/N-ethyl adjacent to an activating group) is 1. The Morgan fingerprint density at radius 2 is 1.67 bits per heavy atom. The second kappa shape index (κ2) is 5.08. The Labute approximate surface area is 91.9 Å². The molecule has 0 spiro atoms. The third-order valence-corrected chi connectivity index (χ3v) is 2.18. The van der Waals surface area contributed by atoms with Crippen molar-refractivity contribution in [1.82, 2.24) is 4.90 Å². The van der Waals surface area contributed by atoms with Gasteiger partial charge < -0.3 is 4.90 Å². The molecule has 0 aliphatic carbocycles. The van der Waals surface area contributed by atoms with Crippen LogP contribution in [-0.2, 0) is 11.2 Å². The van der Waals surface area contributed by atoms with E-state index in [1.807, 2.05) is 19.0 Å². The van der Waals surface area contributed by atoms with Gasteiger partial charge in [0, 0.05) is 6.42 Å². The van der Waals surface area contributed by atoms with E-state index in [9.17, 15) is 4.79 Å². The molecule has 0 fully saturated rings. The third-order valence-electron chi connectivity index (χ3n) is 2.18. The molecule has 0 unspecified atom stereocenters. The van der Waals surface area contributed by atoms with Gasteiger partial charge in [-0.05, 0) is 33.5 Å². The van der Waals surface area contributed by atoms with E-state index in [0.29, 0.717) is 13.0 Å². The number of hydrogen-bond donors (Lipinski definition) is 0. The molecule has 1 aromatic rings. The summed E-state index contributed by atoms with van der Waals surface area (Å²) in [5, 5.41) is 0. The van der Waals surface area contributed by atoms with Crippen LogP contribution in [0, 0.1) is 13.8 Å². The van der Waals surface area contributed by atoms with Gasteiger partial charge in [-0.1, -0.05) is 29.3 Å². The highest BCUT2D eigenvalue weighted by atomic mass is 16.1. The van der Waals surface area contributed by atoms with Crippen LogP contribution >= 0.6 is 0 Å². The van der Waals surface area contributed by atoms with Gasteiger partial charge in [-0.3, -0.25) is 4.79 Å². The molecule has 0 aliphatic heterocycles. The van der Waals surface area contributed by atoms with Gasteiger partial charge >= 0.3 is 0 Å². The Morgan fingerprint density at radius 3 is 2.13 bits per heavy atom. The zero-order chi connectivity index (χ0) is 11.4. The van der Waals surface area contributed by atoms with E-state index >= 15 is 0 Å². The van der Waals surface area contributed by atoms with Gasteiger partial charge in [0.2, 0.25) is 0 Å². The van der Waals surface area contributed by atoms with Crippen molar-refractivity contribution in [3.63, 3.8) is 0 Å². The summed E-state index contributed by atoms with van der Waals surface area (Å²) < 4.78 is 0. The van der Waals surface area contributed by atoms with Gasteiger partial charge in [-0.2, -0.15) is 0 Å². The number of nitrogens with zero attached hydrogens (tertiary/aromatic N) is 1. The minimum Gasteiger partial charge on any atom is -0.302 e. The normalized spacial score (nSPS) is 10.7. The summed E-state index contributed by atoms with van der Waals surface area (Å²) in [5.41, 5.74) is 3.57. The average Bonchev–Trinajstić information content (AvgIpc) is 1.98. The zero-order valence-electron chi connectivity index (χ0n) is 10.0. The monoisotopic (exact) mass is 205 g/mol. The first-order chi connectivity index (χ1) is 6.97. The predicted octanol–water partition coefficient (Wildman–Crippen LogP) is 1.98. The molecule has 1 rings (SSSR count). The second-order valence-electron chi connectivity index (χ2n) is 4.45. The zero-order valence-corrected chi connectivity index (χ0v) is 10.0. The highest BCUT2D eigenvalue weighted by Crippen LogP contribution is 2.09. The van der Waals surface area contributed by atoms with E-state index in [-0.39, 0.29) is 5.78 Å². The van der Waals surface area contributed by atoms with Gasteiger partial charge in [0.15, 0.2) is 5.78 Å². The minimum atomic E-state index is 0.269. The quantitative estimate of drug-likeness (QED) is 0.749. The van der Waals surface area contributed by atoms with Gasteiger partial charge in [0.05, 0.1) is 6.54 Å². The summed E-state index contributed by atoms with van der Waals surface area (Å²) in [6.07, 6.45) is 0.542. The molecule has 0 aromatic heterocycles. The summed E-state index contributed by atoms with van der Waals surface area (Å²) in [6.45, 7) is 4.65. The van der Waals surface area contributed by atoms with Crippen molar-refractivity contribution in [2.75, 3.05) is 20.6 Å². The maximum absolute atomic E-state index is 11.6. The number of rotatable bonds is 4. The summed E-state index contributed by atoms with van der Waals surface area (Å²) in [5.74, 6) is 0.269. The number of hydrogen-bond acceptors (Lipinski definition) is 2. The molecule has 0 radical (unpaired) electrons. The number of ketones is 1. The summed E-state index contributed by atoms with van der Waals surface area (Å²) in [4.78, 5) is 13.5. The fraction of sp³-hybridized carbons (Fsp3) is 0.462. The van der Waals surface area contributed by atoms with Crippen molar-refractivity contribution < 1.29 is 4.79 Å². The number of Topliss-reactive ketones (excluding diaryl/α,β-unsaturated/α-hetero) is 1. The number of carbonyl (C=O) groups is 1. The highest BCUT2D eigenvalue weighted by Gasteiger charge is 2.05. The van der Waals surface area contributed by atoms with E-state index in [1.54, 1.807) is 0 Å². The molecule has 82 valence electrons. The lowest BCUT2D eigenvalue weighted by Crippen LogP contribution is -2.22. The Bertz CT molecular complexity index is 335. The maximum atomic E-state index is 11.6.